The van der Waals surface area contributed by atoms with Gasteiger partial charge in [0.1, 0.15) is 11.4 Å². The van der Waals surface area contributed by atoms with Crippen LogP contribution < -0.4 is 4.74 Å². The van der Waals surface area contributed by atoms with Crippen molar-refractivity contribution in [2.24, 2.45) is 0 Å². The minimum absolute atomic E-state index is 0.154. The maximum atomic E-state index is 11.0. The van der Waals surface area contributed by atoms with Crippen LogP contribution in [0.5, 0.6) is 5.75 Å². The zero-order valence-corrected chi connectivity index (χ0v) is 11.9. The van der Waals surface area contributed by atoms with E-state index >= 15 is 0 Å². The van der Waals surface area contributed by atoms with E-state index in [0.717, 1.165) is 24.8 Å². The Hall–Kier alpha value is -2.30. The molecule has 0 spiro atoms. The van der Waals surface area contributed by atoms with Gasteiger partial charge in [0.05, 0.1) is 7.11 Å². The van der Waals surface area contributed by atoms with E-state index in [-0.39, 0.29) is 5.76 Å². The van der Waals surface area contributed by atoms with Crippen LogP contribution in [0.4, 0.5) is 0 Å². The molecule has 0 atom stereocenters. The molecule has 1 aromatic heterocycles. The van der Waals surface area contributed by atoms with Gasteiger partial charge < -0.3 is 14.4 Å². The highest BCUT2D eigenvalue weighted by Crippen LogP contribution is 2.37. The highest BCUT2D eigenvalue weighted by molar-refractivity contribution is 5.86. The monoisotopic (exact) mass is 287 g/mol. The summed E-state index contributed by atoms with van der Waals surface area (Å²) in [6.45, 7) is 0. The van der Waals surface area contributed by atoms with E-state index in [0.29, 0.717) is 11.4 Å². The third kappa shape index (κ3) is 2.51. The van der Waals surface area contributed by atoms with Gasteiger partial charge in [-0.1, -0.05) is 17.6 Å². The molecule has 0 aliphatic heterocycles. The Labute approximate surface area is 122 Å². The quantitative estimate of drug-likeness (QED) is 0.877. The Morgan fingerprint density at radius 1 is 1.29 bits per heavy atom. The number of rotatable bonds is 3. The van der Waals surface area contributed by atoms with Crippen LogP contribution in [-0.2, 0) is 12.8 Å². The van der Waals surface area contributed by atoms with Crippen molar-refractivity contribution >= 4 is 5.97 Å². The zero-order valence-electron chi connectivity index (χ0n) is 11.9. The first kappa shape index (κ1) is 13.7. The molecule has 3 rings (SSSR count). The van der Waals surface area contributed by atoms with Crippen molar-refractivity contribution in [1.29, 1.82) is 0 Å². The van der Waals surface area contributed by atoms with Gasteiger partial charge in [0.15, 0.2) is 0 Å². The molecule has 1 aromatic carbocycles. The molecule has 110 valence electrons. The summed E-state index contributed by atoms with van der Waals surface area (Å²) in [6, 6.07) is 5.49. The van der Waals surface area contributed by atoms with Crippen molar-refractivity contribution in [1.82, 2.24) is 5.16 Å². The number of nitrogens with zero attached hydrogens (tertiary/aromatic N) is 1. The highest BCUT2D eigenvalue weighted by atomic mass is 16.5. The van der Waals surface area contributed by atoms with Crippen LogP contribution >= 0.6 is 0 Å². The first-order valence-corrected chi connectivity index (χ1v) is 7.10. The highest BCUT2D eigenvalue weighted by Gasteiger charge is 2.21. The predicted octanol–water partition coefficient (Wildman–Crippen LogP) is 3.32. The summed E-state index contributed by atoms with van der Waals surface area (Å²) in [5.41, 5.74) is 3.90. The Morgan fingerprint density at radius 3 is 2.81 bits per heavy atom. The topological polar surface area (TPSA) is 72.6 Å². The van der Waals surface area contributed by atoms with E-state index in [1.165, 1.54) is 30.0 Å². The van der Waals surface area contributed by atoms with E-state index in [1.54, 1.807) is 7.11 Å². The van der Waals surface area contributed by atoms with Crippen molar-refractivity contribution in [2.45, 2.75) is 32.1 Å². The molecule has 0 radical (unpaired) electrons. The predicted molar refractivity (Wildman–Crippen MR) is 76.7 cm³/mol. The van der Waals surface area contributed by atoms with E-state index in [9.17, 15) is 4.79 Å². The summed E-state index contributed by atoms with van der Waals surface area (Å²) in [4.78, 5) is 11.0. The minimum atomic E-state index is -1.12. The maximum absolute atomic E-state index is 11.0. The Kier molecular flexibility index (Phi) is 3.64. The van der Waals surface area contributed by atoms with Crippen LogP contribution in [0, 0.1) is 0 Å². The number of fused-ring (bicyclic) bond motifs is 1. The molecule has 1 heterocycles. The number of aryl methyl sites for hydroxylation is 1. The van der Waals surface area contributed by atoms with Crippen molar-refractivity contribution in [3.8, 4) is 17.0 Å². The van der Waals surface area contributed by atoms with Crippen molar-refractivity contribution in [3.05, 3.63) is 35.1 Å². The van der Waals surface area contributed by atoms with Gasteiger partial charge in [-0.3, -0.25) is 0 Å². The van der Waals surface area contributed by atoms with E-state index < -0.39 is 5.97 Å². The summed E-state index contributed by atoms with van der Waals surface area (Å²) in [6.07, 6.45) is 5.50. The van der Waals surface area contributed by atoms with Gasteiger partial charge in [-0.05, 0) is 42.9 Å². The molecule has 5 nitrogen and oxygen atoms in total. The summed E-state index contributed by atoms with van der Waals surface area (Å²) < 4.78 is 10.3. The molecule has 2 aromatic rings. The lowest BCUT2D eigenvalue weighted by Crippen LogP contribution is -1.99. The van der Waals surface area contributed by atoms with Crippen LogP contribution in [0.15, 0.2) is 22.7 Å². The summed E-state index contributed by atoms with van der Waals surface area (Å²) in [5, 5.41) is 12.9. The fraction of sp³-hybridized carbons (Fsp3) is 0.375. The van der Waals surface area contributed by atoms with E-state index in [4.69, 9.17) is 14.4 Å². The Morgan fingerprint density at radius 2 is 2.10 bits per heavy atom. The van der Waals surface area contributed by atoms with Gasteiger partial charge in [0, 0.05) is 11.6 Å². The van der Waals surface area contributed by atoms with Gasteiger partial charge >= 0.3 is 5.97 Å². The van der Waals surface area contributed by atoms with Crippen LogP contribution in [-0.4, -0.2) is 23.3 Å². The first-order valence-electron chi connectivity index (χ1n) is 7.10. The molecule has 0 bridgehead atoms. The molecule has 0 unspecified atom stereocenters. The second kappa shape index (κ2) is 5.60. The van der Waals surface area contributed by atoms with Crippen molar-refractivity contribution < 1.29 is 19.2 Å². The molecule has 0 fully saturated rings. The van der Waals surface area contributed by atoms with Crippen LogP contribution in [0.25, 0.3) is 11.3 Å². The van der Waals surface area contributed by atoms with Crippen LogP contribution in [0.3, 0.4) is 0 Å². The zero-order chi connectivity index (χ0) is 14.8. The number of benzene rings is 1. The van der Waals surface area contributed by atoms with Crippen molar-refractivity contribution in [3.63, 3.8) is 0 Å². The first-order chi connectivity index (χ1) is 10.2. The van der Waals surface area contributed by atoms with E-state index in [2.05, 4.69) is 11.2 Å². The number of aromatic carboxylic acids is 1. The molecule has 21 heavy (non-hydrogen) atoms. The second-order valence-electron chi connectivity index (χ2n) is 5.22. The average Bonchev–Trinajstić information content (AvgIpc) is 2.85. The van der Waals surface area contributed by atoms with Crippen LogP contribution in [0.2, 0.25) is 0 Å². The molecule has 0 saturated carbocycles. The lowest BCUT2D eigenvalue weighted by Gasteiger charge is -2.14. The number of hydrogen-bond acceptors (Lipinski definition) is 4. The van der Waals surface area contributed by atoms with Gasteiger partial charge in [0.2, 0.25) is 5.76 Å². The fourth-order valence-corrected chi connectivity index (χ4v) is 2.93. The smallest absolute Gasteiger partial charge is 0.374 e. The third-order valence-electron chi connectivity index (χ3n) is 3.94. The molecule has 1 N–H and O–H groups in total. The minimum Gasteiger partial charge on any atom is -0.496 e. The molecule has 0 saturated heterocycles. The molecular weight excluding hydrogens is 270 g/mol. The average molecular weight is 287 g/mol. The third-order valence-corrected chi connectivity index (χ3v) is 3.94. The van der Waals surface area contributed by atoms with Crippen molar-refractivity contribution in [2.75, 3.05) is 7.11 Å². The summed E-state index contributed by atoms with van der Waals surface area (Å²) >= 11 is 0. The molecular formula is C16H17NO4. The SMILES string of the molecule is COc1ccc2c(c1-c1cc(C(=O)O)on1)CCCCC2. The lowest BCUT2D eigenvalue weighted by molar-refractivity contribution is 0.0652. The van der Waals surface area contributed by atoms with E-state index in [1.807, 2.05) is 6.07 Å². The Bertz CT molecular complexity index is 675. The summed E-state index contributed by atoms with van der Waals surface area (Å²) in [7, 11) is 1.61. The Balaban J connectivity index is 2.16. The molecule has 1 aliphatic carbocycles. The molecule has 0 amide bonds. The number of ether oxygens (including phenoxy) is 1. The van der Waals surface area contributed by atoms with Gasteiger partial charge in [0.25, 0.3) is 0 Å². The van der Waals surface area contributed by atoms with Crippen LogP contribution in [0.1, 0.15) is 40.9 Å². The number of carbonyl (C=O) groups is 1. The standard InChI is InChI=1S/C16H17NO4/c1-20-13-8-7-10-5-3-2-4-6-11(10)15(13)12-9-14(16(18)19)21-17-12/h7-9H,2-6H2,1H3,(H,18,19). The molecule has 1 aliphatic rings. The van der Waals surface area contributed by atoms with Gasteiger partial charge in [-0.2, -0.15) is 0 Å². The normalized spacial score (nSPS) is 14.3. The van der Waals surface area contributed by atoms with Gasteiger partial charge in [-0.25, -0.2) is 4.79 Å². The maximum Gasteiger partial charge on any atom is 0.374 e. The number of carboxylic acids is 1. The lowest BCUT2D eigenvalue weighted by atomic mass is 9.94. The number of carboxylic acid groups (broad SMARTS) is 1. The fourth-order valence-electron chi connectivity index (χ4n) is 2.93. The number of hydrogen-bond donors (Lipinski definition) is 1. The molecule has 5 heteroatoms. The summed E-state index contributed by atoms with van der Waals surface area (Å²) in [5.74, 6) is -0.561. The van der Waals surface area contributed by atoms with Gasteiger partial charge in [-0.15, -0.1) is 0 Å². The largest absolute Gasteiger partial charge is 0.496 e. The number of aromatic nitrogens is 1. The second-order valence-corrected chi connectivity index (χ2v) is 5.22. The number of methoxy groups -OCH3 is 1.